The van der Waals surface area contributed by atoms with Crippen LogP contribution in [0.2, 0.25) is 0 Å². The van der Waals surface area contributed by atoms with Crippen molar-refractivity contribution in [3.8, 4) is 5.69 Å². The normalized spacial score (nSPS) is 10.5. The highest BCUT2D eigenvalue weighted by atomic mass is 16.6. The highest BCUT2D eigenvalue weighted by Crippen LogP contribution is 2.25. The highest BCUT2D eigenvalue weighted by molar-refractivity contribution is 5.94. The van der Waals surface area contributed by atoms with Gasteiger partial charge in [-0.25, -0.2) is 4.68 Å². The van der Waals surface area contributed by atoms with Crippen molar-refractivity contribution in [2.24, 2.45) is 5.73 Å². The molecular formula is C18H17N5O3. The number of hydrogen-bond acceptors (Lipinski definition) is 5. The van der Waals surface area contributed by atoms with Gasteiger partial charge in [0.15, 0.2) is 0 Å². The number of aromatic nitrogens is 2. The zero-order valence-electron chi connectivity index (χ0n) is 13.8. The van der Waals surface area contributed by atoms with Gasteiger partial charge < -0.3 is 11.1 Å². The SMILES string of the molecule is NC(=O)c1ccc(NCCc2cnn(-c3ccccc3)c2)c([N+](=O)[O-])c1. The van der Waals surface area contributed by atoms with Crippen LogP contribution in [0, 0.1) is 10.1 Å². The van der Waals surface area contributed by atoms with E-state index in [9.17, 15) is 14.9 Å². The summed E-state index contributed by atoms with van der Waals surface area (Å²) in [6.07, 6.45) is 4.32. The number of nitro benzene ring substituents is 1. The van der Waals surface area contributed by atoms with Gasteiger partial charge in [0.05, 0.1) is 16.8 Å². The number of carbonyl (C=O) groups is 1. The zero-order valence-corrected chi connectivity index (χ0v) is 13.8. The summed E-state index contributed by atoms with van der Waals surface area (Å²) in [5.41, 5.74) is 7.40. The maximum atomic E-state index is 11.2. The summed E-state index contributed by atoms with van der Waals surface area (Å²) >= 11 is 0. The van der Waals surface area contributed by atoms with Gasteiger partial charge in [-0.1, -0.05) is 18.2 Å². The van der Waals surface area contributed by atoms with Crippen molar-refractivity contribution in [1.82, 2.24) is 9.78 Å². The first kappa shape index (κ1) is 17.2. The van der Waals surface area contributed by atoms with Crippen molar-refractivity contribution in [3.05, 3.63) is 82.2 Å². The van der Waals surface area contributed by atoms with E-state index < -0.39 is 10.8 Å². The Morgan fingerprint density at radius 1 is 1.23 bits per heavy atom. The lowest BCUT2D eigenvalue weighted by molar-refractivity contribution is -0.384. The number of para-hydroxylation sites is 1. The number of anilines is 1. The molecule has 0 radical (unpaired) electrons. The van der Waals surface area contributed by atoms with E-state index in [-0.39, 0.29) is 11.3 Å². The Bertz CT molecular complexity index is 937. The quantitative estimate of drug-likeness (QED) is 0.501. The number of benzene rings is 2. The van der Waals surface area contributed by atoms with Crippen LogP contribution in [0.5, 0.6) is 0 Å². The van der Waals surface area contributed by atoms with E-state index in [0.29, 0.717) is 18.7 Å². The monoisotopic (exact) mass is 351 g/mol. The molecule has 0 aliphatic heterocycles. The molecule has 0 aliphatic carbocycles. The van der Waals surface area contributed by atoms with Crippen molar-refractivity contribution >= 4 is 17.3 Å². The largest absolute Gasteiger partial charge is 0.379 e. The van der Waals surface area contributed by atoms with Crippen molar-refractivity contribution in [2.75, 3.05) is 11.9 Å². The predicted molar refractivity (Wildman–Crippen MR) is 97.4 cm³/mol. The van der Waals surface area contributed by atoms with E-state index in [1.54, 1.807) is 10.9 Å². The molecule has 3 aromatic rings. The van der Waals surface area contributed by atoms with Gasteiger partial charge >= 0.3 is 0 Å². The molecule has 0 aliphatic rings. The summed E-state index contributed by atoms with van der Waals surface area (Å²) in [5.74, 6) is -0.701. The molecule has 26 heavy (non-hydrogen) atoms. The van der Waals surface area contributed by atoms with E-state index in [2.05, 4.69) is 10.4 Å². The van der Waals surface area contributed by atoms with Gasteiger partial charge in [-0.2, -0.15) is 5.10 Å². The van der Waals surface area contributed by atoms with Crippen molar-refractivity contribution in [2.45, 2.75) is 6.42 Å². The van der Waals surface area contributed by atoms with Gasteiger partial charge in [-0.05, 0) is 36.2 Å². The maximum absolute atomic E-state index is 11.2. The molecule has 0 unspecified atom stereocenters. The lowest BCUT2D eigenvalue weighted by atomic mass is 10.1. The van der Waals surface area contributed by atoms with Crippen LogP contribution in [0.25, 0.3) is 5.69 Å². The number of rotatable bonds is 7. The number of nitrogens with zero attached hydrogens (tertiary/aromatic N) is 3. The zero-order chi connectivity index (χ0) is 18.5. The topological polar surface area (TPSA) is 116 Å². The van der Waals surface area contributed by atoms with Gasteiger partial charge in [0.25, 0.3) is 5.69 Å². The Kier molecular flexibility index (Phi) is 4.93. The Morgan fingerprint density at radius 3 is 2.69 bits per heavy atom. The Labute approximate surface area is 149 Å². The summed E-state index contributed by atoms with van der Waals surface area (Å²) in [5, 5.41) is 18.5. The summed E-state index contributed by atoms with van der Waals surface area (Å²) < 4.78 is 1.78. The number of primary amides is 1. The fourth-order valence-corrected chi connectivity index (χ4v) is 2.54. The fraction of sp³-hybridized carbons (Fsp3) is 0.111. The number of amides is 1. The summed E-state index contributed by atoms with van der Waals surface area (Å²) in [7, 11) is 0. The minimum atomic E-state index is -0.701. The molecule has 0 spiro atoms. The van der Waals surface area contributed by atoms with Crippen LogP contribution < -0.4 is 11.1 Å². The second kappa shape index (κ2) is 7.47. The van der Waals surface area contributed by atoms with Gasteiger partial charge in [-0.15, -0.1) is 0 Å². The van der Waals surface area contributed by atoms with E-state index >= 15 is 0 Å². The fourth-order valence-electron chi connectivity index (χ4n) is 2.54. The molecule has 0 fully saturated rings. The first-order chi connectivity index (χ1) is 12.5. The molecule has 1 heterocycles. The van der Waals surface area contributed by atoms with Gasteiger partial charge in [0, 0.05) is 24.4 Å². The average Bonchev–Trinajstić information content (AvgIpc) is 3.11. The van der Waals surface area contributed by atoms with E-state index in [1.807, 2.05) is 36.5 Å². The Hall–Kier alpha value is -3.68. The van der Waals surface area contributed by atoms with E-state index in [4.69, 9.17) is 5.73 Å². The molecular weight excluding hydrogens is 334 g/mol. The van der Waals surface area contributed by atoms with Crippen LogP contribution in [0.15, 0.2) is 60.9 Å². The molecule has 3 N–H and O–H groups in total. The summed E-state index contributed by atoms with van der Waals surface area (Å²) in [6.45, 7) is 0.483. The number of hydrogen-bond donors (Lipinski definition) is 2. The summed E-state index contributed by atoms with van der Waals surface area (Å²) in [4.78, 5) is 21.8. The van der Waals surface area contributed by atoms with E-state index in [1.165, 1.54) is 18.2 Å². The van der Waals surface area contributed by atoms with Crippen LogP contribution in [0.3, 0.4) is 0 Å². The van der Waals surface area contributed by atoms with Gasteiger partial charge in [0.2, 0.25) is 5.91 Å². The van der Waals surface area contributed by atoms with Crippen molar-refractivity contribution in [3.63, 3.8) is 0 Å². The molecule has 2 aromatic carbocycles. The standard InChI is InChI=1S/C18H17N5O3/c19-18(24)14-6-7-16(17(10-14)23(25)26)20-9-8-13-11-21-22(12-13)15-4-2-1-3-5-15/h1-7,10-12,20H,8-9H2,(H2,19,24). The second-order valence-corrected chi connectivity index (χ2v) is 5.66. The number of nitro groups is 1. The maximum Gasteiger partial charge on any atom is 0.293 e. The third-order valence-corrected chi connectivity index (χ3v) is 3.86. The molecule has 8 heteroatoms. The second-order valence-electron chi connectivity index (χ2n) is 5.66. The predicted octanol–water partition coefficient (Wildman–Crippen LogP) is 2.53. The number of nitrogens with two attached hydrogens (primary N) is 1. The number of nitrogens with one attached hydrogen (secondary N) is 1. The lowest BCUT2D eigenvalue weighted by Crippen LogP contribution is -2.12. The van der Waals surface area contributed by atoms with Crippen LogP contribution in [-0.4, -0.2) is 27.2 Å². The highest BCUT2D eigenvalue weighted by Gasteiger charge is 2.16. The van der Waals surface area contributed by atoms with Crippen LogP contribution in [-0.2, 0) is 6.42 Å². The minimum absolute atomic E-state index is 0.103. The molecule has 132 valence electrons. The smallest absolute Gasteiger partial charge is 0.293 e. The molecule has 0 atom stereocenters. The Balaban J connectivity index is 1.66. The first-order valence-corrected chi connectivity index (χ1v) is 7.95. The molecule has 0 saturated carbocycles. The molecule has 0 saturated heterocycles. The van der Waals surface area contributed by atoms with Crippen molar-refractivity contribution in [1.29, 1.82) is 0 Å². The van der Waals surface area contributed by atoms with Crippen LogP contribution in [0.4, 0.5) is 11.4 Å². The average molecular weight is 351 g/mol. The van der Waals surface area contributed by atoms with Gasteiger partial charge in [0.1, 0.15) is 5.69 Å². The third-order valence-electron chi connectivity index (χ3n) is 3.86. The first-order valence-electron chi connectivity index (χ1n) is 7.95. The number of carbonyl (C=O) groups excluding carboxylic acids is 1. The molecule has 8 nitrogen and oxygen atoms in total. The lowest BCUT2D eigenvalue weighted by Gasteiger charge is -2.07. The Morgan fingerprint density at radius 2 is 2.00 bits per heavy atom. The van der Waals surface area contributed by atoms with Crippen LogP contribution in [0.1, 0.15) is 15.9 Å². The minimum Gasteiger partial charge on any atom is -0.379 e. The van der Waals surface area contributed by atoms with Crippen LogP contribution >= 0.6 is 0 Å². The molecule has 1 amide bonds. The van der Waals surface area contributed by atoms with Crippen molar-refractivity contribution < 1.29 is 9.72 Å². The van der Waals surface area contributed by atoms with Gasteiger partial charge in [-0.3, -0.25) is 14.9 Å². The molecule has 0 bridgehead atoms. The van der Waals surface area contributed by atoms with E-state index in [0.717, 1.165) is 11.3 Å². The molecule has 3 rings (SSSR count). The summed E-state index contributed by atoms with van der Waals surface area (Å²) in [6, 6.07) is 13.9. The molecule has 1 aromatic heterocycles. The third kappa shape index (κ3) is 3.86.